The summed E-state index contributed by atoms with van der Waals surface area (Å²) in [5.41, 5.74) is 5.69. The molecule has 0 spiro atoms. The van der Waals surface area contributed by atoms with Crippen LogP contribution in [0.3, 0.4) is 0 Å². The second-order valence-corrected chi connectivity index (χ2v) is 5.25. The Hall–Kier alpha value is -2.41. The van der Waals surface area contributed by atoms with Gasteiger partial charge in [-0.05, 0) is 24.1 Å². The lowest BCUT2D eigenvalue weighted by Crippen LogP contribution is -2.37. The summed E-state index contributed by atoms with van der Waals surface area (Å²) in [5, 5.41) is 0. The zero-order valence-corrected chi connectivity index (χ0v) is 13.0. The maximum absolute atomic E-state index is 12.6. The Morgan fingerprint density at radius 2 is 1.79 bits per heavy atom. The topological polar surface area (TPSA) is 59.2 Å². The van der Waals surface area contributed by atoms with Gasteiger partial charge in [0.2, 0.25) is 0 Å². The van der Waals surface area contributed by atoms with Crippen molar-refractivity contribution in [2.24, 2.45) is 5.73 Å². The first-order valence-corrected chi connectivity index (χ1v) is 7.48. The van der Waals surface area contributed by atoms with E-state index in [4.69, 9.17) is 5.73 Å². The minimum Gasteiger partial charge on any atom is -0.336 e. The third-order valence-corrected chi connectivity index (χ3v) is 3.51. The molecule has 0 saturated heterocycles. The highest BCUT2D eigenvalue weighted by Gasteiger charge is 2.31. The highest BCUT2D eigenvalue weighted by atomic mass is 19.4. The highest BCUT2D eigenvalue weighted by molar-refractivity contribution is 5.92. The largest absolute Gasteiger partial charge is 0.417 e. The monoisotopic (exact) mass is 337 g/mol. The van der Waals surface area contributed by atoms with Crippen molar-refractivity contribution in [3.63, 3.8) is 0 Å². The van der Waals surface area contributed by atoms with Gasteiger partial charge in [-0.15, -0.1) is 0 Å². The van der Waals surface area contributed by atoms with Gasteiger partial charge in [0, 0.05) is 25.8 Å². The van der Waals surface area contributed by atoms with Crippen LogP contribution in [0.1, 0.15) is 21.6 Å². The number of hydrogen-bond donors (Lipinski definition) is 1. The maximum Gasteiger partial charge on any atom is 0.417 e. The van der Waals surface area contributed by atoms with Crippen LogP contribution < -0.4 is 5.73 Å². The van der Waals surface area contributed by atoms with E-state index in [1.807, 2.05) is 30.3 Å². The summed E-state index contributed by atoms with van der Waals surface area (Å²) < 4.78 is 37.7. The summed E-state index contributed by atoms with van der Waals surface area (Å²) in [7, 11) is 0. The molecule has 7 heteroatoms. The lowest BCUT2D eigenvalue weighted by Gasteiger charge is -2.22. The number of halogens is 3. The van der Waals surface area contributed by atoms with E-state index in [1.165, 1.54) is 4.90 Å². The number of nitrogens with zero attached hydrogens (tertiary/aromatic N) is 2. The molecule has 4 nitrogen and oxygen atoms in total. The van der Waals surface area contributed by atoms with Crippen LogP contribution in [0.4, 0.5) is 13.2 Å². The van der Waals surface area contributed by atoms with Crippen molar-refractivity contribution >= 4 is 5.91 Å². The third-order valence-electron chi connectivity index (χ3n) is 3.51. The number of hydrogen-bond acceptors (Lipinski definition) is 3. The first-order valence-electron chi connectivity index (χ1n) is 7.48. The minimum atomic E-state index is -4.47. The molecule has 0 unspecified atom stereocenters. The standard InChI is InChI=1S/C17H18F3N3O/c18-17(19,20)14-6-7-15(22-12-14)16(24)23(11-9-21)10-8-13-4-2-1-3-5-13/h1-7,12H,8-11,21H2. The Bertz CT molecular complexity index is 657. The molecule has 24 heavy (non-hydrogen) atoms. The van der Waals surface area contributed by atoms with Gasteiger partial charge in [-0.1, -0.05) is 30.3 Å². The fraction of sp³-hybridized carbons (Fsp3) is 0.294. The second-order valence-electron chi connectivity index (χ2n) is 5.25. The number of alkyl halides is 3. The summed E-state index contributed by atoms with van der Waals surface area (Å²) in [5.74, 6) is -0.426. The van der Waals surface area contributed by atoms with Crippen LogP contribution in [0.15, 0.2) is 48.7 Å². The first kappa shape index (κ1) is 17.9. The number of pyridine rings is 1. The normalized spacial score (nSPS) is 11.3. The summed E-state index contributed by atoms with van der Waals surface area (Å²) in [6.07, 6.45) is -3.17. The molecule has 0 fully saturated rings. The average Bonchev–Trinajstić information content (AvgIpc) is 2.58. The predicted molar refractivity (Wildman–Crippen MR) is 84.3 cm³/mol. The molecular formula is C17H18F3N3O. The first-order chi connectivity index (χ1) is 11.4. The van der Waals surface area contributed by atoms with E-state index >= 15 is 0 Å². The fourth-order valence-corrected chi connectivity index (χ4v) is 2.23. The molecule has 1 aromatic heterocycles. The van der Waals surface area contributed by atoms with E-state index in [0.29, 0.717) is 25.7 Å². The molecule has 2 aromatic rings. The van der Waals surface area contributed by atoms with Crippen LogP contribution in [-0.4, -0.2) is 35.4 Å². The van der Waals surface area contributed by atoms with Gasteiger partial charge in [0.25, 0.3) is 5.91 Å². The molecule has 0 saturated carbocycles. The number of nitrogens with two attached hydrogens (primary N) is 1. The highest BCUT2D eigenvalue weighted by Crippen LogP contribution is 2.28. The Morgan fingerprint density at radius 3 is 2.33 bits per heavy atom. The molecule has 1 aromatic carbocycles. The van der Waals surface area contributed by atoms with Gasteiger partial charge in [-0.25, -0.2) is 0 Å². The van der Waals surface area contributed by atoms with E-state index in [0.717, 1.165) is 17.7 Å². The van der Waals surface area contributed by atoms with Gasteiger partial charge in [-0.2, -0.15) is 13.2 Å². The average molecular weight is 337 g/mol. The van der Waals surface area contributed by atoms with Gasteiger partial charge >= 0.3 is 6.18 Å². The van der Waals surface area contributed by atoms with Crippen molar-refractivity contribution in [3.05, 3.63) is 65.5 Å². The van der Waals surface area contributed by atoms with Crippen molar-refractivity contribution in [3.8, 4) is 0 Å². The summed E-state index contributed by atoms with van der Waals surface area (Å²) in [4.78, 5) is 17.6. The van der Waals surface area contributed by atoms with E-state index in [2.05, 4.69) is 4.98 Å². The van der Waals surface area contributed by atoms with Crippen LogP contribution in [0.2, 0.25) is 0 Å². The molecule has 2 N–H and O–H groups in total. The molecule has 2 rings (SSSR count). The van der Waals surface area contributed by atoms with Gasteiger partial charge < -0.3 is 10.6 Å². The van der Waals surface area contributed by atoms with Crippen LogP contribution in [-0.2, 0) is 12.6 Å². The SMILES string of the molecule is NCCN(CCc1ccccc1)C(=O)c1ccc(C(F)(F)F)cn1. The number of carbonyl (C=O) groups is 1. The zero-order valence-electron chi connectivity index (χ0n) is 13.0. The van der Waals surface area contributed by atoms with Crippen molar-refractivity contribution in [2.75, 3.05) is 19.6 Å². The maximum atomic E-state index is 12.6. The lowest BCUT2D eigenvalue weighted by molar-refractivity contribution is -0.137. The molecule has 0 atom stereocenters. The fourth-order valence-electron chi connectivity index (χ4n) is 2.23. The Kier molecular flexibility index (Phi) is 5.92. The molecule has 0 bridgehead atoms. The van der Waals surface area contributed by atoms with Crippen LogP contribution in [0, 0.1) is 0 Å². The molecule has 0 radical (unpaired) electrons. The molecule has 1 amide bonds. The van der Waals surface area contributed by atoms with Crippen LogP contribution in [0.5, 0.6) is 0 Å². The molecule has 0 aliphatic carbocycles. The summed E-state index contributed by atoms with van der Waals surface area (Å²) >= 11 is 0. The van der Waals surface area contributed by atoms with Gasteiger partial charge in [-0.3, -0.25) is 9.78 Å². The number of benzene rings is 1. The molecule has 1 heterocycles. The van der Waals surface area contributed by atoms with Crippen LogP contribution in [0.25, 0.3) is 0 Å². The minimum absolute atomic E-state index is 0.0236. The van der Waals surface area contributed by atoms with Crippen molar-refractivity contribution < 1.29 is 18.0 Å². The van der Waals surface area contributed by atoms with E-state index in [1.54, 1.807) is 0 Å². The van der Waals surface area contributed by atoms with E-state index < -0.39 is 17.6 Å². The third kappa shape index (κ3) is 4.79. The van der Waals surface area contributed by atoms with Gasteiger partial charge in [0.05, 0.1) is 5.56 Å². The molecule has 0 aliphatic rings. The Labute approximate surface area is 138 Å². The summed E-state index contributed by atoms with van der Waals surface area (Å²) in [6.45, 7) is 0.998. The molecular weight excluding hydrogens is 319 g/mol. The molecule has 128 valence electrons. The summed E-state index contributed by atoms with van der Waals surface area (Å²) in [6, 6.07) is 11.6. The van der Waals surface area contributed by atoms with Gasteiger partial charge in [0.15, 0.2) is 0 Å². The quantitative estimate of drug-likeness (QED) is 0.882. The zero-order chi connectivity index (χ0) is 17.6. The smallest absolute Gasteiger partial charge is 0.336 e. The second kappa shape index (κ2) is 7.92. The van der Waals surface area contributed by atoms with Crippen molar-refractivity contribution in [2.45, 2.75) is 12.6 Å². The van der Waals surface area contributed by atoms with E-state index in [-0.39, 0.29) is 12.2 Å². The van der Waals surface area contributed by atoms with Gasteiger partial charge in [0.1, 0.15) is 5.69 Å². The number of rotatable bonds is 6. The van der Waals surface area contributed by atoms with Crippen molar-refractivity contribution in [1.29, 1.82) is 0 Å². The number of aromatic nitrogens is 1. The number of amides is 1. The van der Waals surface area contributed by atoms with E-state index in [9.17, 15) is 18.0 Å². The van der Waals surface area contributed by atoms with Crippen molar-refractivity contribution in [1.82, 2.24) is 9.88 Å². The Balaban J connectivity index is 2.08. The lowest BCUT2D eigenvalue weighted by atomic mass is 10.1. The van der Waals surface area contributed by atoms with Crippen LogP contribution >= 0.6 is 0 Å². The number of carbonyl (C=O) groups excluding carboxylic acids is 1. The Morgan fingerprint density at radius 1 is 1.08 bits per heavy atom. The molecule has 0 aliphatic heterocycles. The predicted octanol–water partition coefficient (Wildman–Crippen LogP) is 2.74.